The quantitative estimate of drug-likeness (QED) is 0.355. The molecule has 0 radical (unpaired) electrons. The van der Waals surface area contributed by atoms with Crippen molar-refractivity contribution in [2.45, 2.75) is 12.2 Å². The Morgan fingerprint density at radius 1 is 1.03 bits per heavy atom. The van der Waals surface area contributed by atoms with Gasteiger partial charge in [0.15, 0.2) is 11.5 Å². The zero-order chi connectivity index (χ0) is 26.8. The van der Waals surface area contributed by atoms with Gasteiger partial charge in [0.25, 0.3) is 0 Å². The Labute approximate surface area is 224 Å². The molecule has 1 aromatic heterocycles. The number of aryl methyl sites for hydroxylation is 1. The van der Waals surface area contributed by atoms with Crippen LogP contribution in [0.4, 0.5) is 5.82 Å². The van der Waals surface area contributed by atoms with Gasteiger partial charge < -0.3 is 14.6 Å². The van der Waals surface area contributed by atoms with Gasteiger partial charge in [-0.1, -0.05) is 54.1 Å². The number of carbonyl (C=O) groups excluding carboxylic acids is 1. The normalized spacial score (nSPS) is 15.1. The zero-order valence-electron chi connectivity index (χ0n) is 21.2. The maximum absolute atomic E-state index is 13.5. The Morgan fingerprint density at radius 3 is 2.39 bits per heavy atom. The highest BCUT2D eigenvalue weighted by Crippen LogP contribution is 2.49. The van der Waals surface area contributed by atoms with E-state index < -0.39 is 12.5 Å². The molecule has 194 valence electrons. The van der Waals surface area contributed by atoms with Crippen LogP contribution in [0.2, 0.25) is 0 Å². The molecule has 1 aliphatic heterocycles. The Kier molecular flexibility index (Phi) is 7.11. The van der Waals surface area contributed by atoms with E-state index in [0.29, 0.717) is 23.0 Å². The molecule has 0 fully saturated rings. The number of ether oxygens (including phenoxy) is 2. The van der Waals surface area contributed by atoms with Crippen molar-refractivity contribution in [3.63, 3.8) is 0 Å². The van der Waals surface area contributed by atoms with Crippen molar-refractivity contribution >= 4 is 29.5 Å². The van der Waals surface area contributed by atoms with Gasteiger partial charge in [-0.15, -0.1) is 11.8 Å². The number of anilines is 1. The molecule has 1 N–H and O–H groups in total. The van der Waals surface area contributed by atoms with Gasteiger partial charge in [0, 0.05) is 11.1 Å². The third kappa shape index (κ3) is 4.72. The second-order valence-electron chi connectivity index (χ2n) is 8.88. The number of benzene rings is 3. The van der Waals surface area contributed by atoms with E-state index in [4.69, 9.17) is 14.6 Å². The fraction of sp³-hybridized carbons (Fsp3) is 0.207. The lowest BCUT2D eigenvalue weighted by atomic mass is 9.99. The van der Waals surface area contributed by atoms with Gasteiger partial charge in [-0.3, -0.25) is 14.5 Å². The van der Waals surface area contributed by atoms with Crippen LogP contribution >= 0.6 is 11.8 Å². The van der Waals surface area contributed by atoms with Crippen LogP contribution in [0.15, 0.2) is 72.8 Å². The summed E-state index contributed by atoms with van der Waals surface area (Å²) in [6, 6.07) is 23.2. The maximum Gasteiger partial charge on any atom is 0.323 e. The lowest BCUT2D eigenvalue weighted by Gasteiger charge is -2.22. The Morgan fingerprint density at radius 2 is 1.74 bits per heavy atom. The van der Waals surface area contributed by atoms with Gasteiger partial charge >= 0.3 is 5.97 Å². The summed E-state index contributed by atoms with van der Waals surface area (Å²) in [7, 11) is 3.16. The molecule has 9 heteroatoms. The third-order valence-electron chi connectivity index (χ3n) is 6.42. The van der Waals surface area contributed by atoms with Crippen molar-refractivity contribution in [1.29, 1.82) is 0 Å². The molecule has 0 bridgehead atoms. The number of aliphatic carboxylic acids is 1. The number of carboxylic acids is 1. The van der Waals surface area contributed by atoms with Gasteiger partial charge in [0.2, 0.25) is 5.91 Å². The average Bonchev–Trinajstić information content (AvgIpc) is 3.26. The summed E-state index contributed by atoms with van der Waals surface area (Å²) in [5, 5.41) is 14.4. The molecular weight excluding hydrogens is 502 g/mol. The largest absolute Gasteiger partial charge is 0.493 e. The number of amides is 1. The highest BCUT2D eigenvalue weighted by atomic mass is 32.2. The van der Waals surface area contributed by atoms with Crippen molar-refractivity contribution < 1.29 is 24.2 Å². The number of hydrogen-bond acceptors (Lipinski definition) is 6. The van der Waals surface area contributed by atoms with Gasteiger partial charge in [-0.05, 0) is 36.8 Å². The van der Waals surface area contributed by atoms with Crippen molar-refractivity contribution in [1.82, 2.24) is 9.78 Å². The highest BCUT2D eigenvalue weighted by molar-refractivity contribution is 8.00. The number of carbonyl (C=O) groups is 2. The number of rotatable bonds is 7. The minimum absolute atomic E-state index is 0.100. The number of carboxylic acid groups (broad SMARTS) is 1. The van der Waals surface area contributed by atoms with Crippen LogP contribution in [0.5, 0.6) is 11.5 Å². The summed E-state index contributed by atoms with van der Waals surface area (Å²) < 4.78 is 12.7. The van der Waals surface area contributed by atoms with Crippen molar-refractivity contribution in [3.8, 4) is 28.4 Å². The molecular formula is C29H27N3O5S. The Hall–Kier alpha value is -4.24. The van der Waals surface area contributed by atoms with E-state index in [0.717, 1.165) is 27.9 Å². The SMILES string of the molecule is COc1ccc(C2SCC(=O)N(CC(=O)O)c3c2c(-c2ccccc2)nn3-c2ccc(C)cc2)cc1OC. The van der Waals surface area contributed by atoms with Crippen LogP contribution in [-0.4, -0.2) is 53.3 Å². The first-order valence-corrected chi connectivity index (χ1v) is 13.1. The minimum atomic E-state index is -1.10. The molecule has 1 atom stereocenters. The maximum atomic E-state index is 13.5. The fourth-order valence-corrected chi connectivity index (χ4v) is 5.80. The van der Waals surface area contributed by atoms with Crippen LogP contribution in [0.1, 0.15) is 21.9 Å². The van der Waals surface area contributed by atoms with Crippen molar-refractivity contribution in [2.24, 2.45) is 0 Å². The van der Waals surface area contributed by atoms with E-state index in [-0.39, 0.29) is 16.9 Å². The number of nitrogens with zero attached hydrogens (tertiary/aromatic N) is 3. The summed E-state index contributed by atoms with van der Waals surface area (Å²) in [4.78, 5) is 26.7. The summed E-state index contributed by atoms with van der Waals surface area (Å²) in [6.07, 6.45) is 0. The minimum Gasteiger partial charge on any atom is -0.493 e. The molecule has 1 aliphatic rings. The molecule has 0 saturated carbocycles. The zero-order valence-corrected chi connectivity index (χ0v) is 22.1. The highest BCUT2D eigenvalue weighted by Gasteiger charge is 2.38. The molecule has 4 aromatic rings. The lowest BCUT2D eigenvalue weighted by Crippen LogP contribution is -2.38. The smallest absolute Gasteiger partial charge is 0.323 e. The third-order valence-corrected chi connectivity index (χ3v) is 7.67. The topological polar surface area (TPSA) is 93.9 Å². The van der Waals surface area contributed by atoms with Crippen LogP contribution in [0, 0.1) is 6.92 Å². The van der Waals surface area contributed by atoms with Gasteiger partial charge in [-0.25, -0.2) is 4.68 Å². The first-order chi connectivity index (χ1) is 18.4. The van der Waals surface area contributed by atoms with E-state index in [2.05, 4.69) is 0 Å². The average molecular weight is 530 g/mol. The second kappa shape index (κ2) is 10.6. The lowest BCUT2D eigenvalue weighted by molar-refractivity contribution is -0.136. The van der Waals surface area contributed by atoms with Gasteiger partial charge in [-0.2, -0.15) is 5.10 Å². The summed E-state index contributed by atoms with van der Waals surface area (Å²) in [5.74, 6) is 0.314. The van der Waals surface area contributed by atoms with Crippen molar-refractivity contribution in [3.05, 3.63) is 89.5 Å². The number of aromatic nitrogens is 2. The molecule has 8 nitrogen and oxygen atoms in total. The predicted octanol–water partition coefficient (Wildman–Crippen LogP) is 5.12. The first-order valence-electron chi connectivity index (χ1n) is 12.0. The summed E-state index contributed by atoms with van der Waals surface area (Å²) in [5.41, 5.74) is 5.01. The first kappa shape index (κ1) is 25.4. The second-order valence-corrected chi connectivity index (χ2v) is 9.97. The molecule has 0 saturated heterocycles. The van der Waals surface area contributed by atoms with Crippen LogP contribution < -0.4 is 14.4 Å². The van der Waals surface area contributed by atoms with Crippen molar-refractivity contribution in [2.75, 3.05) is 31.4 Å². The van der Waals surface area contributed by atoms with E-state index in [1.54, 1.807) is 18.9 Å². The molecule has 2 heterocycles. The monoisotopic (exact) mass is 529 g/mol. The van der Waals surface area contributed by atoms with Crippen LogP contribution in [0.25, 0.3) is 16.9 Å². The Balaban J connectivity index is 1.83. The number of hydrogen-bond donors (Lipinski definition) is 1. The number of thioether (sulfide) groups is 1. The molecule has 5 rings (SSSR count). The van der Waals surface area contributed by atoms with E-state index in [1.807, 2.05) is 79.7 Å². The standard InChI is InChI=1S/C29H27N3O5S/c1-18-9-12-21(13-10-18)32-29-26(27(30-32)19-7-5-4-6-8-19)28(38-17-24(33)31(29)16-25(34)35)20-11-14-22(36-2)23(15-20)37-3/h4-15,28H,16-17H2,1-3H3,(H,34,35). The predicted molar refractivity (Wildman–Crippen MR) is 148 cm³/mol. The van der Waals surface area contributed by atoms with E-state index in [9.17, 15) is 14.7 Å². The summed E-state index contributed by atoms with van der Waals surface area (Å²) in [6.45, 7) is 1.52. The molecule has 1 amide bonds. The van der Waals surface area contributed by atoms with E-state index >= 15 is 0 Å². The fourth-order valence-electron chi connectivity index (χ4n) is 4.61. The molecule has 38 heavy (non-hydrogen) atoms. The number of fused-ring (bicyclic) bond motifs is 1. The molecule has 3 aromatic carbocycles. The van der Waals surface area contributed by atoms with Gasteiger partial charge in [0.1, 0.15) is 12.4 Å². The van der Waals surface area contributed by atoms with E-state index in [1.165, 1.54) is 16.7 Å². The molecule has 0 spiro atoms. The van der Waals surface area contributed by atoms with Gasteiger partial charge in [0.05, 0.1) is 36.6 Å². The Bertz CT molecular complexity index is 1480. The molecule has 1 unspecified atom stereocenters. The van der Waals surface area contributed by atoms with Crippen LogP contribution in [0.3, 0.4) is 0 Å². The van der Waals surface area contributed by atoms with Crippen LogP contribution in [-0.2, 0) is 9.59 Å². The summed E-state index contributed by atoms with van der Waals surface area (Å²) >= 11 is 1.44. The molecule has 0 aliphatic carbocycles. The number of methoxy groups -OCH3 is 2.